The number of nitrogen functional groups attached to an aromatic ring is 1. The van der Waals surface area contributed by atoms with Crippen molar-refractivity contribution in [1.29, 1.82) is 0 Å². The number of fused-ring (bicyclic) bond motifs is 2. The summed E-state index contributed by atoms with van der Waals surface area (Å²) in [7, 11) is 0. The third-order valence-electron chi connectivity index (χ3n) is 3.72. The van der Waals surface area contributed by atoms with Gasteiger partial charge >= 0.3 is 0 Å². The van der Waals surface area contributed by atoms with Crippen molar-refractivity contribution < 1.29 is 4.39 Å². The zero-order chi connectivity index (χ0) is 13.4. The van der Waals surface area contributed by atoms with Crippen molar-refractivity contribution in [3.8, 4) is 0 Å². The molecule has 3 rings (SSSR count). The van der Waals surface area contributed by atoms with Gasteiger partial charge in [-0.15, -0.1) is 0 Å². The van der Waals surface area contributed by atoms with E-state index in [1.165, 1.54) is 6.42 Å². The number of pyridine rings is 1. The number of hydrogen-bond acceptors (Lipinski definition) is 3. The Kier molecular flexibility index (Phi) is 3.29. The van der Waals surface area contributed by atoms with Gasteiger partial charge in [-0.05, 0) is 43.4 Å². The van der Waals surface area contributed by atoms with E-state index in [0.29, 0.717) is 10.9 Å². The number of nitrogens with zero attached hydrogens (tertiary/aromatic N) is 1. The van der Waals surface area contributed by atoms with E-state index in [1.54, 1.807) is 12.1 Å². The van der Waals surface area contributed by atoms with Gasteiger partial charge in [0.15, 0.2) is 5.82 Å². The summed E-state index contributed by atoms with van der Waals surface area (Å²) in [4.78, 5) is 4.49. The predicted molar refractivity (Wildman–Crippen MR) is 75.8 cm³/mol. The molecule has 1 aliphatic rings. The van der Waals surface area contributed by atoms with Gasteiger partial charge in [-0.1, -0.05) is 18.0 Å². The van der Waals surface area contributed by atoms with Gasteiger partial charge in [0.2, 0.25) is 0 Å². The van der Waals surface area contributed by atoms with Gasteiger partial charge in [0, 0.05) is 11.1 Å². The van der Waals surface area contributed by atoms with Gasteiger partial charge in [-0.3, -0.25) is 5.84 Å². The molecule has 0 bridgehead atoms. The Morgan fingerprint density at radius 1 is 1.21 bits per heavy atom. The number of nitrogens with one attached hydrogen (secondary N) is 1. The summed E-state index contributed by atoms with van der Waals surface area (Å²) < 4.78 is 14.1. The topological polar surface area (TPSA) is 50.9 Å². The van der Waals surface area contributed by atoms with Crippen LogP contribution < -0.4 is 11.3 Å². The number of aryl methyl sites for hydroxylation is 1. The summed E-state index contributed by atoms with van der Waals surface area (Å²) in [5.41, 5.74) is 5.88. The van der Waals surface area contributed by atoms with Crippen LogP contribution in [0.2, 0.25) is 5.02 Å². The standard InChI is InChI=1S/C14H15ClFN3/c15-10-7-6-9-13(19-17)8-4-2-1-3-5-11(8)18-14(9)12(10)16/h6-7H,1-5,17H2,(H,18,19). The highest BCUT2D eigenvalue weighted by molar-refractivity contribution is 6.31. The van der Waals surface area contributed by atoms with Crippen LogP contribution in [0.3, 0.4) is 0 Å². The number of hydrazine groups is 1. The number of benzene rings is 1. The highest BCUT2D eigenvalue weighted by Crippen LogP contribution is 2.34. The fourth-order valence-electron chi connectivity index (χ4n) is 2.77. The Balaban J connectivity index is 2.36. The maximum absolute atomic E-state index is 14.1. The molecule has 2 aromatic rings. The van der Waals surface area contributed by atoms with Crippen LogP contribution in [0.5, 0.6) is 0 Å². The smallest absolute Gasteiger partial charge is 0.168 e. The second-order valence-corrected chi connectivity index (χ2v) is 5.28. The van der Waals surface area contributed by atoms with E-state index in [4.69, 9.17) is 17.4 Å². The molecule has 0 saturated carbocycles. The average molecular weight is 280 g/mol. The summed E-state index contributed by atoms with van der Waals surface area (Å²) in [5.74, 6) is 5.18. The van der Waals surface area contributed by atoms with Gasteiger partial charge < -0.3 is 5.43 Å². The summed E-state index contributed by atoms with van der Waals surface area (Å²) in [6, 6.07) is 3.32. The molecule has 3 N–H and O–H groups in total. The van der Waals surface area contributed by atoms with Crippen LogP contribution in [-0.2, 0) is 12.8 Å². The SMILES string of the molecule is NNc1c2c(nc3c(F)c(Cl)ccc13)CCCCC2. The summed E-state index contributed by atoms with van der Waals surface area (Å²) in [6.45, 7) is 0. The first kappa shape index (κ1) is 12.6. The van der Waals surface area contributed by atoms with Crippen LogP contribution in [-0.4, -0.2) is 4.98 Å². The normalized spacial score (nSPS) is 15.1. The third kappa shape index (κ3) is 2.05. The van der Waals surface area contributed by atoms with Crippen LogP contribution >= 0.6 is 11.6 Å². The maximum Gasteiger partial charge on any atom is 0.168 e. The number of hydrogen-bond donors (Lipinski definition) is 2. The van der Waals surface area contributed by atoms with E-state index < -0.39 is 5.82 Å². The number of rotatable bonds is 1. The largest absolute Gasteiger partial charge is 0.323 e. The van der Waals surface area contributed by atoms with Crippen molar-refractivity contribution in [2.45, 2.75) is 32.1 Å². The molecule has 1 heterocycles. The van der Waals surface area contributed by atoms with Crippen molar-refractivity contribution in [3.63, 3.8) is 0 Å². The first-order valence-corrected chi connectivity index (χ1v) is 6.86. The molecule has 1 aromatic carbocycles. The van der Waals surface area contributed by atoms with Gasteiger partial charge in [0.25, 0.3) is 0 Å². The lowest BCUT2D eigenvalue weighted by atomic mass is 10.0. The zero-order valence-electron chi connectivity index (χ0n) is 10.5. The lowest BCUT2D eigenvalue weighted by Gasteiger charge is -2.15. The zero-order valence-corrected chi connectivity index (χ0v) is 11.2. The fourth-order valence-corrected chi connectivity index (χ4v) is 2.92. The minimum Gasteiger partial charge on any atom is -0.323 e. The van der Waals surface area contributed by atoms with Crippen LogP contribution in [0.1, 0.15) is 30.5 Å². The molecule has 0 aliphatic heterocycles. The van der Waals surface area contributed by atoms with E-state index in [-0.39, 0.29) is 5.02 Å². The van der Waals surface area contributed by atoms with Crippen molar-refractivity contribution in [1.82, 2.24) is 4.98 Å². The van der Waals surface area contributed by atoms with Gasteiger partial charge in [0.05, 0.1) is 10.7 Å². The average Bonchev–Trinajstić information content (AvgIpc) is 2.66. The first-order valence-electron chi connectivity index (χ1n) is 6.48. The summed E-state index contributed by atoms with van der Waals surface area (Å²) >= 11 is 5.83. The van der Waals surface area contributed by atoms with Crippen molar-refractivity contribution >= 4 is 28.2 Å². The number of nitrogens with two attached hydrogens (primary N) is 1. The molecule has 0 unspecified atom stereocenters. The minimum atomic E-state index is -0.470. The molecular formula is C14H15ClFN3. The number of halogens is 2. The van der Waals surface area contributed by atoms with Crippen LogP contribution in [0, 0.1) is 5.82 Å². The van der Waals surface area contributed by atoms with Crippen molar-refractivity contribution in [2.75, 3.05) is 5.43 Å². The van der Waals surface area contributed by atoms with E-state index in [1.807, 2.05) is 0 Å². The molecule has 1 aliphatic carbocycles. The first-order chi connectivity index (χ1) is 9.22. The Morgan fingerprint density at radius 3 is 2.79 bits per heavy atom. The highest BCUT2D eigenvalue weighted by atomic mass is 35.5. The lowest BCUT2D eigenvalue weighted by Crippen LogP contribution is -2.12. The molecule has 3 nitrogen and oxygen atoms in total. The quantitative estimate of drug-likeness (QED) is 0.476. The van der Waals surface area contributed by atoms with Crippen molar-refractivity contribution in [3.05, 3.63) is 34.2 Å². The van der Waals surface area contributed by atoms with E-state index >= 15 is 0 Å². The predicted octanol–water partition coefficient (Wildman–Crippen LogP) is 3.58. The summed E-state index contributed by atoms with van der Waals surface area (Å²) in [5, 5.41) is 0.793. The second-order valence-electron chi connectivity index (χ2n) is 4.87. The molecule has 0 radical (unpaired) electrons. The molecule has 0 saturated heterocycles. The molecular weight excluding hydrogens is 265 g/mol. The van der Waals surface area contributed by atoms with E-state index in [9.17, 15) is 4.39 Å². The monoisotopic (exact) mass is 279 g/mol. The Hall–Kier alpha value is -1.39. The molecule has 1 aromatic heterocycles. The van der Waals surface area contributed by atoms with E-state index in [2.05, 4.69) is 10.4 Å². The van der Waals surface area contributed by atoms with Crippen LogP contribution in [0.4, 0.5) is 10.1 Å². The lowest BCUT2D eigenvalue weighted by molar-refractivity contribution is 0.636. The molecule has 0 atom stereocenters. The Bertz CT molecular complexity index is 642. The Morgan fingerprint density at radius 2 is 2.00 bits per heavy atom. The minimum absolute atomic E-state index is 0.0940. The molecule has 0 spiro atoms. The van der Waals surface area contributed by atoms with Crippen LogP contribution in [0.15, 0.2) is 12.1 Å². The highest BCUT2D eigenvalue weighted by Gasteiger charge is 2.19. The number of anilines is 1. The molecule has 19 heavy (non-hydrogen) atoms. The van der Waals surface area contributed by atoms with Crippen LogP contribution in [0.25, 0.3) is 10.9 Å². The molecule has 5 heteroatoms. The molecule has 100 valence electrons. The van der Waals surface area contributed by atoms with Gasteiger partial charge in [-0.2, -0.15) is 0 Å². The molecule has 0 amide bonds. The van der Waals surface area contributed by atoms with E-state index in [0.717, 1.165) is 42.6 Å². The second kappa shape index (κ2) is 4.94. The van der Waals surface area contributed by atoms with Gasteiger partial charge in [-0.25, -0.2) is 9.37 Å². The van der Waals surface area contributed by atoms with Crippen molar-refractivity contribution in [2.24, 2.45) is 5.84 Å². The number of aromatic nitrogens is 1. The summed E-state index contributed by atoms with van der Waals surface area (Å²) in [6.07, 6.45) is 5.16. The molecule has 0 fully saturated rings. The fraction of sp³-hybridized carbons (Fsp3) is 0.357. The maximum atomic E-state index is 14.1. The third-order valence-corrected chi connectivity index (χ3v) is 4.01. The van der Waals surface area contributed by atoms with Gasteiger partial charge in [0.1, 0.15) is 5.52 Å². The Labute approximate surface area is 115 Å².